The molecule has 1 heterocycles. The van der Waals surface area contributed by atoms with Crippen molar-refractivity contribution in [3.63, 3.8) is 0 Å². The zero-order valence-electron chi connectivity index (χ0n) is 7.98. The van der Waals surface area contributed by atoms with Gasteiger partial charge in [-0.3, -0.25) is 0 Å². The van der Waals surface area contributed by atoms with Gasteiger partial charge in [0.25, 0.3) is 0 Å². The molecule has 0 saturated heterocycles. The molecule has 0 saturated carbocycles. The van der Waals surface area contributed by atoms with Gasteiger partial charge in [0.05, 0.1) is 5.52 Å². The molecule has 0 fully saturated rings. The van der Waals surface area contributed by atoms with Crippen molar-refractivity contribution in [2.24, 2.45) is 12.0 Å². The van der Waals surface area contributed by atoms with Crippen molar-refractivity contribution in [2.45, 2.75) is 6.92 Å². The lowest BCUT2D eigenvalue weighted by atomic mass is 10.3. The van der Waals surface area contributed by atoms with Gasteiger partial charge in [0.2, 0.25) is 6.08 Å². The number of isocyanates is 1. The number of fused-ring (bicyclic) bond motifs is 1. The van der Waals surface area contributed by atoms with Crippen LogP contribution in [0.4, 0.5) is 5.69 Å². The van der Waals surface area contributed by atoms with E-state index in [-0.39, 0.29) is 0 Å². The van der Waals surface area contributed by atoms with Crippen LogP contribution in [0.1, 0.15) is 5.82 Å². The average molecular weight is 187 g/mol. The maximum absolute atomic E-state index is 10.2. The van der Waals surface area contributed by atoms with E-state index >= 15 is 0 Å². The number of carbonyl (C=O) groups excluding carboxylic acids is 1. The molecule has 0 atom stereocenters. The monoisotopic (exact) mass is 187 g/mol. The lowest BCUT2D eigenvalue weighted by Crippen LogP contribution is -1.89. The molecule has 0 bridgehead atoms. The number of aliphatic imine (C=N–C) groups is 1. The van der Waals surface area contributed by atoms with Crippen LogP contribution < -0.4 is 0 Å². The van der Waals surface area contributed by atoms with E-state index < -0.39 is 0 Å². The summed E-state index contributed by atoms with van der Waals surface area (Å²) in [5.74, 6) is 0.897. The Morgan fingerprint density at radius 1 is 1.50 bits per heavy atom. The molecular weight excluding hydrogens is 178 g/mol. The molecule has 0 spiro atoms. The highest BCUT2D eigenvalue weighted by molar-refractivity contribution is 5.88. The molecule has 70 valence electrons. The molecular formula is C10H9N3O. The topological polar surface area (TPSA) is 47.2 Å². The van der Waals surface area contributed by atoms with Gasteiger partial charge in [0.15, 0.2) is 0 Å². The van der Waals surface area contributed by atoms with E-state index in [0.29, 0.717) is 5.69 Å². The van der Waals surface area contributed by atoms with Crippen molar-refractivity contribution in [1.29, 1.82) is 0 Å². The van der Waals surface area contributed by atoms with Crippen LogP contribution in [0.2, 0.25) is 0 Å². The fourth-order valence-corrected chi connectivity index (χ4v) is 1.46. The summed E-state index contributed by atoms with van der Waals surface area (Å²) in [7, 11) is 1.93. The highest BCUT2D eigenvalue weighted by Crippen LogP contribution is 2.24. The summed E-state index contributed by atoms with van der Waals surface area (Å²) in [6, 6.07) is 5.54. The number of nitrogens with zero attached hydrogens (tertiary/aromatic N) is 3. The third kappa shape index (κ3) is 1.13. The van der Waals surface area contributed by atoms with Gasteiger partial charge >= 0.3 is 0 Å². The molecule has 0 radical (unpaired) electrons. The maximum Gasteiger partial charge on any atom is 0.240 e. The summed E-state index contributed by atoms with van der Waals surface area (Å²) in [6.07, 6.45) is 1.53. The van der Waals surface area contributed by atoms with Gasteiger partial charge < -0.3 is 4.57 Å². The summed E-state index contributed by atoms with van der Waals surface area (Å²) in [4.78, 5) is 18.1. The summed E-state index contributed by atoms with van der Waals surface area (Å²) in [6.45, 7) is 1.91. The molecule has 0 unspecified atom stereocenters. The summed E-state index contributed by atoms with van der Waals surface area (Å²) in [5.41, 5.74) is 2.29. The molecule has 0 aliphatic heterocycles. The Balaban J connectivity index is 2.87. The highest BCUT2D eigenvalue weighted by atomic mass is 16.1. The number of aryl methyl sites for hydroxylation is 2. The summed E-state index contributed by atoms with van der Waals surface area (Å²) >= 11 is 0. The zero-order chi connectivity index (χ0) is 10.1. The first-order valence-corrected chi connectivity index (χ1v) is 4.24. The van der Waals surface area contributed by atoms with Crippen LogP contribution in [0.25, 0.3) is 11.0 Å². The van der Waals surface area contributed by atoms with Gasteiger partial charge in [-0.05, 0) is 19.1 Å². The molecule has 0 N–H and O–H groups in total. The molecule has 1 aromatic heterocycles. The van der Waals surface area contributed by atoms with E-state index in [9.17, 15) is 4.79 Å². The van der Waals surface area contributed by atoms with Crippen LogP contribution in [0, 0.1) is 6.92 Å². The number of hydrogen-bond donors (Lipinski definition) is 0. The third-order valence-electron chi connectivity index (χ3n) is 2.28. The maximum atomic E-state index is 10.2. The van der Waals surface area contributed by atoms with Gasteiger partial charge in [0, 0.05) is 7.05 Å². The van der Waals surface area contributed by atoms with E-state index in [1.54, 1.807) is 6.07 Å². The minimum absolute atomic E-state index is 0.571. The van der Waals surface area contributed by atoms with Crippen molar-refractivity contribution in [3.05, 3.63) is 24.0 Å². The Morgan fingerprint density at radius 3 is 3.00 bits per heavy atom. The molecule has 2 rings (SSSR count). The zero-order valence-corrected chi connectivity index (χ0v) is 7.98. The Morgan fingerprint density at radius 2 is 2.29 bits per heavy atom. The van der Waals surface area contributed by atoms with Gasteiger partial charge in [0.1, 0.15) is 17.0 Å². The number of hydrogen-bond acceptors (Lipinski definition) is 3. The second-order valence-corrected chi connectivity index (χ2v) is 3.07. The Kier molecular flexibility index (Phi) is 1.91. The van der Waals surface area contributed by atoms with Gasteiger partial charge in [-0.1, -0.05) is 6.07 Å². The summed E-state index contributed by atoms with van der Waals surface area (Å²) in [5, 5.41) is 0. The first-order chi connectivity index (χ1) is 6.74. The standard InChI is InChI=1S/C10H9N3O/c1-7-12-10-8(11-6-14)4-3-5-9(10)13(7)2/h3-5H,1-2H3. The first-order valence-electron chi connectivity index (χ1n) is 4.24. The Bertz CT molecular complexity index is 536. The van der Waals surface area contributed by atoms with Gasteiger partial charge in [-0.25, -0.2) is 9.78 Å². The van der Waals surface area contributed by atoms with E-state index in [1.165, 1.54) is 6.08 Å². The lowest BCUT2D eigenvalue weighted by molar-refractivity contribution is 0.565. The second-order valence-electron chi connectivity index (χ2n) is 3.07. The van der Waals surface area contributed by atoms with Crippen LogP contribution in [0.15, 0.2) is 23.2 Å². The van der Waals surface area contributed by atoms with Crippen molar-refractivity contribution in [3.8, 4) is 0 Å². The van der Waals surface area contributed by atoms with E-state index in [2.05, 4.69) is 9.98 Å². The molecule has 2 aromatic rings. The largest absolute Gasteiger partial charge is 0.331 e. The van der Waals surface area contributed by atoms with Crippen LogP contribution in [-0.2, 0) is 11.8 Å². The Labute approximate surface area is 80.9 Å². The SMILES string of the molecule is Cc1nc2c(N=C=O)cccc2n1C. The lowest BCUT2D eigenvalue weighted by Gasteiger charge is -1.95. The Hall–Kier alpha value is -1.93. The number of rotatable bonds is 1. The van der Waals surface area contributed by atoms with E-state index in [1.807, 2.05) is 30.7 Å². The van der Waals surface area contributed by atoms with Crippen LogP contribution in [0.5, 0.6) is 0 Å². The van der Waals surface area contributed by atoms with E-state index in [0.717, 1.165) is 16.9 Å². The van der Waals surface area contributed by atoms with E-state index in [4.69, 9.17) is 0 Å². The molecule has 14 heavy (non-hydrogen) atoms. The summed E-state index contributed by atoms with van der Waals surface area (Å²) < 4.78 is 1.96. The average Bonchev–Trinajstić information content (AvgIpc) is 2.46. The number of aromatic nitrogens is 2. The highest BCUT2D eigenvalue weighted by Gasteiger charge is 2.06. The minimum atomic E-state index is 0.571. The third-order valence-corrected chi connectivity index (χ3v) is 2.28. The number of benzene rings is 1. The van der Waals surface area contributed by atoms with Crippen molar-refractivity contribution in [1.82, 2.24) is 9.55 Å². The van der Waals surface area contributed by atoms with Crippen LogP contribution in [0.3, 0.4) is 0 Å². The fraction of sp³-hybridized carbons (Fsp3) is 0.200. The van der Waals surface area contributed by atoms with Gasteiger partial charge in [-0.2, -0.15) is 4.99 Å². The normalized spacial score (nSPS) is 10.1. The molecule has 4 heteroatoms. The van der Waals surface area contributed by atoms with Gasteiger partial charge in [-0.15, -0.1) is 0 Å². The van der Waals surface area contributed by atoms with Crippen LogP contribution in [-0.4, -0.2) is 15.6 Å². The smallest absolute Gasteiger partial charge is 0.240 e. The van der Waals surface area contributed by atoms with Crippen molar-refractivity contribution in [2.75, 3.05) is 0 Å². The predicted molar refractivity (Wildman–Crippen MR) is 53.2 cm³/mol. The quantitative estimate of drug-likeness (QED) is 0.505. The van der Waals surface area contributed by atoms with Crippen molar-refractivity contribution < 1.29 is 4.79 Å². The molecule has 4 nitrogen and oxygen atoms in total. The number of para-hydroxylation sites is 1. The second kappa shape index (κ2) is 3.09. The fourth-order valence-electron chi connectivity index (χ4n) is 1.46. The molecule has 0 aliphatic carbocycles. The first kappa shape index (κ1) is 8.66. The number of imidazole rings is 1. The molecule has 1 aromatic carbocycles. The minimum Gasteiger partial charge on any atom is -0.331 e. The predicted octanol–water partition coefficient (Wildman–Crippen LogP) is 1.85. The van der Waals surface area contributed by atoms with Crippen LogP contribution >= 0.6 is 0 Å². The molecule has 0 amide bonds. The molecule has 0 aliphatic rings. The van der Waals surface area contributed by atoms with Crippen molar-refractivity contribution >= 4 is 22.8 Å².